The summed E-state index contributed by atoms with van der Waals surface area (Å²) in [6.07, 6.45) is 3.88. The van der Waals surface area contributed by atoms with Crippen LogP contribution in [-0.2, 0) is 13.0 Å². The second kappa shape index (κ2) is 12.2. The fraction of sp³-hybridized carbons (Fsp3) is 0.139. The fourth-order valence-corrected chi connectivity index (χ4v) is 5.40. The van der Waals surface area contributed by atoms with Gasteiger partial charge >= 0.3 is 0 Å². The Hall–Kier alpha value is -6.03. The van der Waals surface area contributed by atoms with Gasteiger partial charge in [0, 0.05) is 5.56 Å². The van der Waals surface area contributed by atoms with Gasteiger partial charge in [0.15, 0.2) is 28.8 Å². The number of aromatic nitrogens is 2. The second-order valence-electron chi connectivity index (χ2n) is 10.5. The second-order valence-corrected chi connectivity index (χ2v) is 10.5. The number of nitrogens with zero attached hydrogens (tertiary/aromatic N) is 3. The molecule has 10 heteroatoms. The van der Waals surface area contributed by atoms with Crippen molar-refractivity contribution in [2.24, 2.45) is 5.10 Å². The van der Waals surface area contributed by atoms with Crippen LogP contribution in [0.25, 0.3) is 33.5 Å². The zero-order chi connectivity index (χ0) is 31.6. The molecule has 0 bridgehead atoms. The van der Waals surface area contributed by atoms with Gasteiger partial charge in [0.1, 0.15) is 17.9 Å². The third-order valence-electron chi connectivity index (χ3n) is 7.60. The molecule has 0 N–H and O–H groups in total. The van der Waals surface area contributed by atoms with E-state index in [1.54, 1.807) is 56.8 Å². The van der Waals surface area contributed by atoms with Gasteiger partial charge in [-0.3, -0.25) is 4.79 Å². The van der Waals surface area contributed by atoms with Gasteiger partial charge in [0.2, 0.25) is 12.6 Å². The Kier molecular flexibility index (Phi) is 7.59. The van der Waals surface area contributed by atoms with Crippen LogP contribution in [0.1, 0.15) is 16.7 Å². The standard InChI is InChI=1S/C36H29N3O7/c1-4-8-24-15-23(17-32(42-3)34(24)43-20-22-13-14-30-31(16-22)45-21-44-30)19-37-39-35(38-27-10-6-5-9-25(27)36(39)40)33-18-26-28(41-2)11-7-12-29(26)46-33/h4-7,9-19H,1,8,20-21H2,2-3H3. The van der Waals surface area contributed by atoms with Crippen LogP contribution in [0.4, 0.5) is 0 Å². The number of fused-ring (bicyclic) bond motifs is 3. The van der Waals surface area contributed by atoms with Crippen molar-refractivity contribution in [3.63, 3.8) is 0 Å². The van der Waals surface area contributed by atoms with Crippen molar-refractivity contribution >= 4 is 28.1 Å². The minimum Gasteiger partial charge on any atom is -0.496 e. The summed E-state index contributed by atoms with van der Waals surface area (Å²) in [5.41, 5.74) is 3.22. The highest BCUT2D eigenvalue weighted by Crippen LogP contribution is 2.37. The van der Waals surface area contributed by atoms with Gasteiger partial charge in [0.05, 0.1) is 36.7 Å². The maximum Gasteiger partial charge on any atom is 0.282 e. The normalized spacial score (nSPS) is 12.2. The summed E-state index contributed by atoms with van der Waals surface area (Å²) in [6, 6.07) is 23.9. The van der Waals surface area contributed by atoms with Gasteiger partial charge in [-0.25, -0.2) is 4.98 Å². The van der Waals surface area contributed by atoms with Gasteiger partial charge in [-0.1, -0.05) is 30.3 Å². The van der Waals surface area contributed by atoms with Crippen molar-refractivity contribution in [3.05, 3.63) is 119 Å². The molecule has 6 aromatic rings. The summed E-state index contributed by atoms with van der Waals surface area (Å²) in [5.74, 6) is 3.76. The third kappa shape index (κ3) is 5.30. The molecule has 230 valence electrons. The zero-order valence-corrected chi connectivity index (χ0v) is 25.2. The molecule has 2 aromatic heterocycles. The van der Waals surface area contributed by atoms with E-state index < -0.39 is 0 Å². The molecule has 0 atom stereocenters. The molecule has 0 fully saturated rings. The first-order chi connectivity index (χ1) is 22.6. The van der Waals surface area contributed by atoms with Crippen molar-refractivity contribution in [2.45, 2.75) is 13.0 Å². The van der Waals surface area contributed by atoms with Crippen LogP contribution < -0.4 is 29.2 Å². The molecule has 0 saturated heterocycles. The minimum atomic E-state index is -0.341. The topological polar surface area (TPSA) is 107 Å². The average Bonchev–Trinajstić information content (AvgIpc) is 3.74. The van der Waals surface area contributed by atoms with Gasteiger partial charge in [-0.15, -0.1) is 6.58 Å². The molecule has 1 aliphatic rings. The Balaban J connectivity index is 1.28. The number of methoxy groups -OCH3 is 2. The summed E-state index contributed by atoms with van der Waals surface area (Å²) in [7, 11) is 3.17. The van der Waals surface area contributed by atoms with Crippen LogP contribution in [0.2, 0.25) is 0 Å². The van der Waals surface area contributed by atoms with Crippen LogP contribution in [0.15, 0.2) is 106 Å². The van der Waals surface area contributed by atoms with E-state index in [9.17, 15) is 4.79 Å². The zero-order valence-electron chi connectivity index (χ0n) is 25.2. The molecule has 7 rings (SSSR count). The van der Waals surface area contributed by atoms with Crippen LogP contribution >= 0.6 is 0 Å². The van der Waals surface area contributed by atoms with E-state index in [2.05, 4.69) is 11.7 Å². The molecule has 10 nitrogen and oxygen atoms in total. The molecule has 0 aliphatic carbocycles. The van der Waals surface area contributed by atoms with Crippen LogP contribution in [-0.4, -0.2) is 36.9 Å². The Labute approximate surface area is 263 Å². The number of para-hydroxylation sites is 1. The van der Waals surface area contributed by atoms with Crippen LogP contribution in [0.5, 0.6) is 28.7 Å². The summed E-state index contributed by atoms with van der Waals surface area (Å²) in [5, 5.41) is 5.81. The number of hydrogen-bond acceptors (Lipinski definition) is 9. The smallest absolute Gasteiger partial charge is 0.282 e. The maximum absolute atomic E-state index is 13.8. The van der Waals surface area contributed by atoms with Crippen molar-refractivity contribution in [1.29, 1.82) is 0 Å². The molecule has 1 aliphatic heterocycles. The lowest BCUT2D eigenvalue weighted by atomic mass is 10.1. The molecule has 0 amide bonds. The van der Waals surface area contributed by atoms with E-state index in [0.717, 1.165) is 16.5 Å². The minimum absolute atomic E-state index is 0.204. The monoisotopic (exact) mass is 615 g/mol. The van der Waals surface area contributed by atoms with Gasteiger partial charge in [0.25, 0.3) is 5.56 Å². The number of rotatable bonds is 10. The number of ether oxygens (including phenoxy) is 5. The molecule has 0 spiro atoms. The lowest BCUT2D eigenvalue weighted by Gasteiger charge is -2.16. The number of furan rings is 1. The van der Waals surface area contributed by atoms with Crippen LogP contribution in [0, 0.1) is 0 Å². The number of benzene rings is 4. The molecule has 0 unspecified atom stereocenters. The van der Waals surface area contributed by atoms with Gasteiger partial charge in [-0.05, 0) is 72.1 Å². The average molecular weight is 616 g/mol. The SMILES string of the molecule is C=CCc1cc(C=Nn2c(-c3cc4c(OC)cccc4o3)nc3ccccc3c2=O)cc(OC)c1OCc1ccc2c(c1)OCO2. The lowest BCUT2D eigenvalue weighted by Crippen LogP contribution is -2.20. The van der Waals surface area contributed by atoms with Crippen LogP contribution in [0.3, 0.4) is 0 Å². The molecule has 46 heavy (non-hydrogen) atoms. The highest BCUT2D eigenvalue weighted by molar-refractivity contribution is 5.89. The fourth-order valence-electron chi connectivity index (χ4n) is 5.40. The van der Waals surface area contributed by atoms with Gasteiger partial charge in [-0.2, -0.15) is 9.78 Å². The van der Waals surface area contributed by atoms with E-state index in [4.69, 9.17) is 33.1 Å². The summed E-state index contributed by atoms with van der Waals surface area (Å²) in [4.78, 5) is 18.6. The van der Waals surface area contributed by atoms with E-state index in [-0.39, 0.29) is 24.8 Å². The maximum atomic E-state index is 13.8. The van der Waals surface area contributed by atoms with E-state index >= 15 is 0 Å². The quantitative estimate of drug-likeness (QED) is 0.123. The molecular formula is C36H29N3O7. The lowest BCUT2D eigenvalue weighted by molar-refractivity contribution is 0.174. The van der Waals surface area contributed by atoms with E-state index in [0.29, 0.717) is 63.0 Å². The molecule has 0 saturated carbocycles. The summed E-state index contributed by atoms with van der Waals surface area (Å²) in [6.45, 7) is 4.41. The predicted octanol–water partition coefficient (Wildman–Crippen LogP) is 6.75. The highest BCUT2D eigenvalue weighted by Gasteiger charge is 2.19. The first kappa shape index (κ1) is 28.7. The largest absolute Gasteiger partial charge is 0.496 e. The van der Waals surface area contributed by atoms with E-state index in [1.165, 1.54) is 4.68 Å². The third-order valence-corrected chi connectivity index (χ3v) is 7.60. The molecule has 0 radical (unpaired) electrons. The van der Waals surface area contributed by atoms with Crippen molar-refractivity contribution < 1.29 is 28.1 Å². The van der Waals surface area contributed by atoms with Crippen molar-refractivity contribution in [1.82, 2.24) is 9.66 Å². The van der Waals surface area contributed by atoms with Crippen molar-refractivity contribution in [2.75, 3.05) is 21.0 Å². The molecule has 3 heterocycles. The number of allylic oxidation sites excluding steroid dienone is 1. The van der Waals surface area contributed by atoms with Gasteiger partial charge < -0.3 is 28.1 Å². The highest BCUT2D eigenvalue weighted by atomic mass is 16.7. The molecule has 4 aromatic carbocycles. The summed E-state index contributed by atoms with van der Waals surface area (Å²) < 4.78 is 35.8. The first-order valence-electron chi connectivity index (χ1n) is 14.5. The van der Waals surface area contributed by atoms with E-state index in [1.807, 2.05) is 48.5 Å². The molecular weight excluding hydrogens is 586 g/mol. The summed E-state index contributed by atoms with van der Waals surface area (Å²) >= 11 is 0. The number of hydrogen-bond donors (Lipinski definition) is 0. The van der Waals surface area contributed by atoms with Crippen molar-refractivity contribution in [3.8, 4) is 40.3 Å². The Morgan fingerprint density at radius 3 is 2.63 bits per heavy atom. The predicted molar refractivity (Wildman–Crippen MR) is 175 cm³/mol. The Morgan fingerprint density at radius 1 is 0.935 bits per heavy atom. The first-order valence-corrected chi connectivity index (χ1v) is 14.5. The Morgan fingerprint density at radius 2 is 1.78 bits per heavy atom. The Bertz CT molecular complexity index is 2200.